The lowest BCUT2D eigenvalue weighted by Gasteiger charge is -2.39. The fraction of sp³-hybridized carbons (Fsp3) is 0.909. The Balaban J connectivity index is 2.66. The predicted octanol–water partition coefficient (Wildman–Crippen LogP) is 1.32. The average molecular weight is 230 g/mol. The van der Waals surface area contributed by atoms with E-state index in [-0.39, 0.29) is 17.9 Å². The van der Waals surface area contributed by atoms with E-state index in [1.807, 2.05) is 30.5 Å². The van der Waals surface area contributed by atoms with E-state index in [1.54, 1.807) is 0 Å². The Kier molecular flexibility index (Phi) is 4.46. The first kappa shape index (κ1) is 12.8. The van der Waals surface area contributed by atoms with Crippen LogP contribution in [0.2, 0.25) is 0 Å². The van der Waals surface area contributed by atoms with E-state index in [0.29, 0.717) is 11.3 Å². The van der Waals surface area contributed by atoms with E-state index in [0.717, 1.165) is 12.3 Å². The van der Waals surface area contributed by atoms with Crippen molar-refractivity contribution in [3.8, 4) is 0 Å². The summed E-state index contributed by atoms with van der Waals surface area (Å²) in [5.74, 6) is 1.36. The van der Waals surface area contributed by atoms with Crippen molar-refractivity contribution in [2.75, 3.05) is 12.3 Å². The van der Waals surface area contributed by atoms with E-state index in [2.05, 4.69) is 13.8 Å². The van der Waals surface area contributed by atoms with E-state index >= 15 is 0 Å². The number of nitrogens with two attached hydrogens (primary N) is 1. The fourth-order valence-corrected chi connectivity index (χ4v) is 2.82. The molecule has 15 heavy (non-hydrogen) atoms. The summed E-state index contributed by atoms with van der Waals surface area (Å²) in [5.41, 5.74) is 5.90. The molecule has 1 heterocycles. The number of nitrogens with zero attached hydrogens (tertiary/aromatic N) is 1. The molecule has 3 atom stereocenters. The summed E-state index contributed by atoms with van der Waals surface area (Å²) in [7, 11) is 0. The van der Waals surface area contributed by atoms with Crippen LogP contribution in [0.1, 0.15) is 27.7 Å². The van der Waals surface area contributed by atoms with Gasteiger partial charge in [-0.3, -0.25) is 4.79 Å². The molecular weight excluding hydrogens is 208 g/mol. The summed E-state index contributed by atoms with van der Waals surface area (Å²) in [4.78, 5) is 14.0. The number of amides is 1. The molecule has 1 amide bonds. The first-order chi connectivity index (χ1) is 6.95. The van der Waals surface area contributed by atoms with Crippen LogP contribution < -0.4 is 5.73 Å². The van der Waals surface area contributed by atoms with Gasteiger partial charge in [-0.25, -0.2) is 0 Å². The molecule has 2 unspecified atom stereocenters. The summed E-state index contributed by atoms with van der Waals surface area (Å²) in [6, 6.07) is -0.0381. The third kappa shape index (κ3) is 2.88. The van der Waals surface area contributed by atoms with E-state index in [4.69, 9.17) is 5.73 Å². The highest BCUT2D eigenvalue weighted by Crippen LogP contribution is 2.25. The molecule has 0 aromatic heterocycles. The van der Waals surface area contributed by atoms with E-state index in [9.17, 15) is 4.79 Å². The van der Waals surface area contributed by atoms with Crippen molar-refractivity contribution >= 4 is 17.7 Å². The van der Waals surface area contributed by atoms with Crippen molar-refractivity contribution in [1.82, 2.24) is 4.90 Å². The van der Waals surface area contributed by atoms with Gasteiger partial charge in [-0.05, 0) is 12.8 Å². The van der Waals surface area contributed by atoms with Crippen molar-refractivity contribution in [3.05, 3.63) is 0 Å². The first-order valence-corrected chi connectivity index (χ1v) is 6.67. The Labute approximate surface area is 96.8 Å². The molecule has 0 aromatic carbocycles. The molecule has 4 heteroatoms. The quantitative estimate of drug-likeness (QED) is 0.778. The Morgan fingerprint density at radius 1 is 1.47 bits per heavy atom. The minimum Gasteiger partial charge on any atom is -0.337 e. The lowest BCUT2D eigenvalue weighted by atomic mass is 10.0. The van der Waals surface area contributed by atoms with Crippen LogP contribution in [0.4, 0.5) is 0 Å². The van der Waals surface area contributed by atoms with Crippen molar-refractivity contribution in [3.63, 3.8) is 0 Å². The topological polar surface area (TPSA) is 46.3 Å². The van der Waals surface area contributed by atoms with Gasteiger partial charge in [-0.1, -0.05) is 20.8 Å². The molecule has 1 aliphatic heterocycles. The van der Waals surface area contributed by atoms with Gasteiger partial charge in [0.25, 0.3) is 0 Å². The summed E-state index contributed by atoms with van der Waals surface area (Å²) >= 11 is 1.93. The van der Waals surface area contributed by atoms with Crippen LogP contribution in [0.25, 0.3) is 0 Å². The molecule has 88 valence electrons. The molecule has 0 saturated carbocycles. The molecule has 0 aromatic rings. The van der Waals surface area contributed by atoms with Crippen LogP contribution >= 0.6 is 11.8 Å². The monoisotopic (exact) mass is 230 g/mol. The van der Waals surface area contributed by atoms with E-state index in [1.165, 1.54) is 0 Å². The van der Waals surface area contributed by atoms with Crippen molar-refractivity contribution in [2.24, 2.45) is 11.7 Å². The zero-order valence-electron chi connectivity index (χ0n) is 10.1. The Bertz CT molecular complexity index is 233. The minimum atomic E-state index is -0.345. The molecule has 1 aliphatic rings. The van der Waals surface area contributed by atoms with Crippen molar-refractivity contribution < 1.29 is 4.79 Å². The van der Waals surface area contributed by atoms with E-state index < -0.39 is 0 Å². The highest BCUT2D eigenvalue weighted by molar-refractivity contribution is 8.00. The lowest BCUT2D eigenvalue weighted by Crippen LogP contribution is -2.54. The normalized spacial score (nSPS) is 29.3. The van der Waals surface area contributed by atoms with Gasteiger partial charge in [-0.15, -0.1) is 0 Å². The Morgan fingerprint density at radius 3 is 2.60 bits per heavy atom. The third-order valence-electron chi connectivity index (χ3n) is 3.17. The maximum absolute atomic E-state index is 12.1. The minimum absolute atomic E-state index is 0.115. The maximum Gasteiger partial charge on any atom is 0.240 e. The largest absolute Gasteiger partial charge is 0.337 e. The second-order valence-electron chi connectivity index (χ2n) is 4.62. The standard InChI is InChI=1S/C11H22N2OS/c1-7(2)10(12)11(14)13-5-6-15-9(4)8(13)3/h7-10H,5-6,12H2,1-4H3/t8?,9?,10-/m1/s1. The molecule has 1 saturated heterocycles. The summed E-state index contributed by atoms with van der Waals surface area (Å²) < 4.78 is 0. The predicted molar refractivity (Wildman–Crippen MR) is 65.9 cm³/mol. The van der Waals surface area contributed by atoms with Crippen LogP contribution in [-0.2, 0) is 4.79 Å². The molecule has 3 nitrogen and oxygen atoms in total. The second-order valence-corrected chi connectivity index (χ2v) is 6.10. The molecule has 1 rings (SSSR count). The van der Waals surface area contributed by atoms with Crippen LogP contribution in [-0.4, -0.2) is 40.4 Å². The zero-order chi connectivity index (χ0) is 11.6. The first-order valence-electron chi connectivity index (χ1n) is 5.62. The number of carbonyl (C=O) groups is 1. The van der Waals surface area contributed by atoms with Crippen molar-refractivity contribution in [1.29, 1.82) is 0 Å². The Hall–Kier alpha value is -0.220. The molecule has 1 fully saturated rings. The van der Waals surface area contributed by atoms with Crippen LogP contribution in [0.5, 0.6) is 0 Å². The zero-order valence-corrected chi connectivity index (χ0v) is 10.9. The second kappa shape index (κ2) is 5.21. The van der Waals surface area contributed by atoms with Gasteiger partial charge in [0.15, 0.2) is 0 Å². The van der Waals surface area contributed by atoms with Gasteiger partial charge < -0.3 is 10.6 Å². The summed E-state index contributed by atoms with van der Waals surface area (Å²) in [6.07, 6.45) is 0. The van der Waals surface area contributed by atoms with Gasteiger partial charge in [0.1, 0.15) is 0 Å². The van der Waals surface area contributed by atoms with Crippen LogP contribution in [0.3, 0.4) is 0 Å². The SMILES string of the molecule is CC1SCCN(C(=O)[C@H](N)C(C)C)C1C. The molecule has 0 spiro atoms. The number of thioether (sulfide) groups is 1. The molecule has 0 bridgehead atoms. The average Bonchev–Trinajstić information content (AvgIpc) is 2.20. The van der Waals surface area contributed by atoms with Gasteiger partial charge in [0.2, 0.25) is 5.91 Å². The van der Waals surface area contributed by atoms with Crippen LogP contribution in [0, 0.1) is 5.92 Å². The van der Waals surface area contributed by atoms with Gasteiger partial charge >= 0.3 is 0 Å². The molecule has 0 radical (unpaired) electrons. The number of hydrogen-bond donors (Lipinski definition) is 1. The van der Waals surface area contributed by atoms with Crippen LogP contribution in [0.15, 0.2) is 0 Å². The summed E-state index contributed by atoms with van der Waals surface area (Å²) in [5, 5.41) is 0.516. The lowest BCUT2D eigenvalue weighted by molar-refractivity contribution is -0.135. The van der Waals surface area contributed by atoms with Gasteiger partial charge in [0, 0.05) is 23.6 Å². The molecule has 2 N–H and O–H groups in total. The van der Waals surface area contributed by atoms with Gasteiger partial charge in [0.05, 0.1) is 6.04 Å². The third-order valence-corrected chi connectivity index (χ3v) is 4.51. The highest BCUT2D eigenvalue weighted by atomic mass is 32.2. The summed E-state index contributed by atoms with van der Waals surface area (Å²) in [6.45, 7) is 9.12. The smallest absolute Gasteiger partial charge is 0.240 e. The van der Waals surface area contributed by atoms with Crippen molar-refractivity contribution in [2.45, 2.75) is 45.0 Å². The number of hydrogen-bond acceptors (Lipinski definition) is 3. The number of rotatable bonds is 2. The molecule has 0 aliphatic carbocycles. The molecular formula is C11H22N2OS. The maximum atomic E-state index is 12.1. The highest BCUT2D eigenvalue weighted by Gasteiger charge is 2.32. The number of carbonyl (C=O) groups excluding carboxylic acids is 1. The van der Waals surface area contributed by atoms with Gasteiger partial charge in [-0.2, -0.15) is 11.8 Å². The fourth-order valence-electron chi connectivity index (χ4n) is 1.72. The Morgan fingerprint density at radius 2 is 2.07 bits per heavy atom.